The normalized spacial score (nSPS) is 20.8. The predicted octanol–water partition coefficient (Wildman–Crippen LogP) is 3.86. The van der Waals surface area contributed by atoms with Gasteiger partial charge in [-0.15, -0.1) is 0 Å². The summed E-state index contributed by atoms with van der Waals surface area (Å²) in [5.41, 5.74) is 3.45. The zero-order valence-corrected chi connectivity index (χ0v) is 12.6. The number of benzene rings is 1. The van der Waals surface area contributed by atoms with Crippen LogP contribution in [0, 0.1) is 0 Å². The van der Waals surface area contributed by atoms with Crippen molar-refractivity contribution in [2.45, 2.75) is 44.8 Å². The zero-order valence-electron chi connectivity index (χ0n) is 11.8. The highest BCUT2D eigenvalue weighted by atomic mass is 35.5. The summed E-state index contributed by atoms with van der Waals surface area (Å²) in [5.74, 6) is 0. The maximum atomic E-state index is 9.10. The van der Waals surface area contributed by atoms with E-state index >= 15 is 0 Å². The van der Waals surface area contributed by atoms with Crippen molar-refractivity contribution in [3.63, 3.8) is 0 Å². The predicted molar refractivity (Wildman–Crippen MR) is 83.8 cm³/mol. The van der Waals surface area contributed by atoms with Crippen LogP contribution < -0.4 is 0 Å². The Bertz CT molecular complexity index is 498. The Hall–Kier alpha value is -0.830. The van der Waals surface area contributed by atoms with E-state index in [4.69, 9.17) is 16.7 Å². The second kappa shape index (κ2) is 6.30. The zero-order chi connectivity index (χ0) is 13.9. The largest absolute Gasteiger partial charge is 0.392 e. The van der Waals surface area contributed by atoms with Crippen molar-refractivity contribution in [3.8, 4) is 0 Å². The Morgan fingerprint density at radius 1 is 1.25 bits per heavy atom. The summed E-state index contributed by atoms with van der Waals surface area (Å²) in [6, 6.07) is 6.68. The lowest BCUT2D eigenvalue weighted by molar-refractivity contribution is 0.118. The van der Waals surface area contributed by atoms with Crippen molar-refractivity contribution in [2.24, 2.45) is 0 Å². The van der Waals surface area contributed by atoms with E-state index in [-0.39, 0.29) is 6.61 Å². The molecular weight excluding hydrogens is 270 g/mol. The van der Waals surface area contributed by atoms with Crippen LogP contribution in [0.3, 0.4) is 0 Å². The number of likely N-dealkylation sites (tertiary alicyclic amines) is 1. The Kier molecular flexibility index (Phi) is 4.45. The molecule has 0 bridgehead atoms. The van der Waals surface area contributed by atoms with Crippen molar-refractivity contribution in [3.05, 3.63) is 39.9 Å². The highest BCUT2D eigenvalue weighted by Crippen LogP contribution is 2.30. The van der Waals surface area contributed by atoms with Crippen molar-refractivity contribution < 1.29 is 5.11 Å². The Labute approximate surface area is 126 Å². The number of piperidine rings is 1. The van der Waals surface area contributed by atoms with E-state index in [1.807, 2.05) is 18.2 Å². The molecular formula is C17H22ClNO. The van der Waals surface area contributed by atoms with Crippen LogP contribution in [0.2, 0.25) is 5.02 Å². The third-order valence-electron chi connectivity index (χ3n) is 4.64. The van der Waals surface area contributed by atoms with Crippen LogP contribution in [0.15, 0.2) is 23.8 Å². The molecule has 0 amide bonds. The molecule has 0 atom stereocenters. The average molecular weight is 292 g/mol. The summed E-state index contributed by atoms with van der Waals surface area (Å²) in [6.45, 7) is 2.44. The van der Waals surface area contributed by atoms with Crippen LogP contribution in [0.5, 0.6) is 0 Å². The molecule has 1 saturated heterocycles. The van der Waals surface area contributed by atoms with Crippen LogP contribution in [-0.4, -0.2) is 29.1 Å². The van der Waals surface area contributed by atoms with Gasteiger partial charge in [0.25, 0.3) is 0 Å². The van der Waals surface area contributed by atoms with E-state index in [0.717, 1.165) is 35.0 Å². The number of halogens is 1. The number of hydrogen-bond donors (Lipinski definition) is 1. The minimum Gasteiger partial charge on any atom is -0.392 e. The molecule has 2 fully saturated rings. The Balaban J connectivity index is 1.64. The summed E-state index contributed by atoms with van der Waals surface area (Å²) in [6.07, 6.45) is 8.77. The summed E-state index contributed by atoms with van der Waals surface area (Å²) < 4.78 is 0. The van der Waals surface area contributed by atoms with E-state index in [1.54, 1.807) is 0 Å². The van der Waals surface area contributed by atoms with Crippen molar-refractivity contribution in [1.82, 2.24) is 4.90 Å². The van der Waals surface area contributed by atoms with Crippen LogP contribution in [0.1, 0.15) is 43.2 Å². The van der Waals surface area contributed by atoms with Crippen molar-refractivity contribution in [2.75, 3.05) is 13.1 Å². The molecule has 1 aliphatic carbocycles. The van der Waals surface area contributed by atoms with E-state index in [0.29, 0.717) is 0 Å². The fourth-order valence-electron chi connectivity index (χ4n) is 3.08. The van der Waals surface area contributed by atoms with E-state index in [9.17, 15) is 0 Å². The lowest BCUT2D eigenvalue weighted by Gasteiger charge is -2.40. The van der Waals surface area contributed by atoms with Gasteiger partial charge in [0, 0.05) is 24.2 Å². The molecule has 1 saturated carbocycles. The van der Waals surface area contributed by atoms with Gasteiger partial charge in [-0.1, -0.05) is 41.8 Å². The summed E-state index contributed by atoms with van der Waals surface area (Å²) in [7, 11) is 0. The average Bonchev–Trinajstić information content (AvgIpc) is 2.41. The molecule has 3 rings (SSSR count). The molecule has 2 aliphatic rings. The third-order valence-corrected chi connectivity index (χ3v) is 4.97. The highest BCUT2D eigenvalue weighted by Gasteiger charge is 2.26. The Morgan fingerprint density at radius 3 is 2.55 bits per heavy atom. The lowest BCUT2D eigenvalue weighted by atomic mass is 9.89. The molecule has 2 nitrogen and oxygen atoms in total. The Morgan fingerprint density at radius 2 is 2.00 bits per heavy atom. The highest BCUT2D eigenvalue weighted by molar-refractivity contribution is 6.32. The first-order chi connectivity index (χ1) is 9.76. The lowest BCUT2D eigenvalue weighted by Crippen LogP contribution is -2.43. The third kappa shape index (κ3) is 3.08. The maximum Gasteiger partial charge on any atom is 0.0682 e. The van der Waals surface area contributed by atoms with Gasteiger partial charge in [-0.3, -0.25) is 4.90 Å². The molecule has 20 heavy (non-hydrogen) atoms. The molecule has 0 aromatic heterocycles. The topological polar surface area (TPSA) is 23.5 Å². The molecule has 0 radical (unpaired) electrons. The first kappa shape index (κ1) is 14.1. The quantitative estimate of drug-likeness (QED) is 0.914. The molecule has 1 aliphatic heterocycles. The van der Waals surface area contributed by atoms with Gasteiger partial charge in [0.1, 0.15) is 0 Å². The number of rotatable bonds is 3. The summed E-state index contributed by atoms with van der Waals surface area (Å²) in [5, 5.41) is 9.85. The molecule has 1 N–H and O–H groups in total. The first-order valence-corrected chi connectivity index (χ1v) is 7.97. The van der Waals surface area contributed by atoms with Gasteiger partial charge in [-0.05, 0) is 42.9 Å². The first-order valence-electron chi connectivity index (χ1n) is 7.59. The standard InChI is InChI=1S/C17H22ClNO/c18-17-11-14(12-20)4-5-15(17)10-13-6-8-19(9-7-13)16-2-1-3-16/h4-5,10-11,16,20H,1-3,6-9,12H2. The summed E-state index contributed by atoms with van der Waals surface area (Å²) in [4.78, 5) is 2.65. The fourth-order valence-corrected chi connectivity index (χ4v) is 3.34. The maximum absolute atomic E-state index is 9.10. The SMILES string of the molecule is OCc1ccc(C=C2CCN(C3CCC3)CC2)c(Cl)c1. The van der Waals surface area contributed by atoms with E-state index in [1.165, 1.54) is 37.9 Å². The molecule has 0 spiro atoms. The molecule has 1 aromatic rings. The number of aliphatic hydroxyl groups excluding tert-OH is 1. The van der Waals surface area contributed by atoms with Crippen LogP contribution in [0.4, 0.5) is 0 Å². The number of hydrogen-bond acceptors (Lipinski definition) is 2. The second-order valence-corrected chi connectivity index (χ2v) is 6.34. The smallest absolute Gasteiger partial charge is 0.0682 e. The van der Waals surface area contributed by atoms with Gasteiger partial charge in [-0.2, -0.15) is 0 Å². The molecule has 1 heterocycles. The van der Waals surface area contributed by atoms with Gasteiger partial charge in [-0.25, -0.2) is 0 Å². The van der Waals surface area contributed by atoms with Gasteiger partial charge >= 0.3 is 0 Å². The molecule has 3 heteroatoms. The monoisotopic (exact) mass is 291 g/mol. The minimum atomic E-state index is 0.0485. The van der Waals surface area contributed by atoms with Crippen LogP contribution in [0.25, 0.3) is 6.08 Å². The van der Waals surface area contributed by atoms with Crippen LogP contribution in [-0.2, 0) is 6.61 Å². The van der Waals surface area contributed by atoms with Crippen LogP contribution >= 0.6 is 11.6 Å². The van der Waals surface area contributed by atoms with Gasteiger partial charge < -0.3 is 5.11 Å². The summed E-state index contributed by atoms with van der Waals surface area (Å²) >= 11 is 6.27. The van der Waals surface area contributed by atoms with Gasteiger partial charge in [0.2, 0.25) is 0 Å². The number of aliphatic hydroxyl groups is 1. The molecule has 1 aromatic carbocycles. The van der Waals surface area contributed by atoms with E-state index in [2.05, 4.69) is 11.0 Å². The fraction of sp³-hybridized carbons (Fsp3) is 0.529. The number of nitrogens with zero attached hydrogens (tertiary/aromatic N) is 1. The van der Waals surface area contributed by atoms with Gasteiger partial charge in [0.15, 0.2) is 0 Å². The van der Waals surface area contributed by atoms with E-state index < -0.39 is 0 Å². The van der Waals surface area contributed by atoms with Gasteiger partial charge in [0.05, 0.1) is 6.61 Å². The minimum absolute atomic E-state index is 0.0485. The molecule has 0 unspecified atom stereocenters. The second-order valence-electron chi connectivity index (χ2n) is 5.94. The van der Waals surface area contributed by atoms with Crippen molar-refractivity contribution in [1.29, 1.82) is 0 Å². The van der Waals surface area contributed by atoms with Crippen molar-refractivity contribution >= 4 is 17.7 Å². The molecule has 108 valence electrons.